The van der Waals surface area contributed by atoms with Crippen molar-refractivity contribution in [3.63, 3.8) is 0 Å². The Bertz CT molecular complexity index is 3750. The second kappa shape index (κ2) is 13.0. The highest BCUT2D eigenvalue weighted by Crippen LogP contribution is 2.42. The van der Waals surface area contributed by atoms with E-state index in [0.717, 1.165) is 49.3 Å². The number of fused-ring (bicyclic) bond motifs is 7. The molecular weight excluding hydrogens is 683 g/mol. The zero-order valence-electron chi connectivity index (χ0n) is 38.6. The van der Waals surface area contributed by atoms with Crippen LogP contribution in [0.1, 0.15) is 12.3 Å². The average molecular weight is 725 g/mol. The van der Waals surface area contributed by atoms with Gasteiger partial charge in [0.15, 0.2) is 11.6 Å². The highest BCUT2D eigenvalue weighted by Gasteiger charge is 2.23. The SMILES string of the molecule is [2H]c1c([2H])c([2H])c(-c2c([2H])c([2H])c([2H])c(-n3c4ccccc4c4ccc5c6ccccc6n(-c6nc(-c7ccccc7)nc(-c7cccc(-c8ccccc8)c7)n6)c5c43)c2[2H])c([2H])c1[2H]. The van der Waals surface area contributed by atoms with Crippen molar-refractivity contribution >= 4 is 43.6 Å². The first-order valence-electron chi connectivity index (χ1n) is 22.6. The molecule has 0 aliphatic heterocycles. The summed E-state index contributed by atoms with van der Waals surface area (Å²) in [5.74, 6) is 1.17. The van der Waals surface area contributed by atoms with Crippen molar-refractivity contribution in [1.29, 1.82) is 0 Å². The molecule has 11 aromatic rings. The van der Waals surface area contributed by atoms with Crippen LogP contribution < -0.4 is 0 Å². The standard InChI is InChI=1S/C51H33N5/c1-4-16-34(17-5-1)37-22-14-24-39(32-37)50-52-49(36-20-8-3-9-21-36)53-51(54-50)56-46-29-13-11-27-42(46)44-31-30-43-41-26-10-12-28-45(41)55(47(43)48(44)56)40-25-15-23-38(33-40)35-18-6-2-7-19-35/h1-33H/i2D,6D,7D,15D,18D,19D,23D,25D,33D. The van der Waals surface area contributed by atoms with E-state index in [9.17, 15) is 2.74 Å². The van der Waals surface area contributed by atoms with Gasteiger partial charge in [-0.25, -0.2) is 4.98 Å². The molecule has 0 aliphatic rings. The summed E-state index contributed by atoms with van der Waals surface area (Å²) in [5.41, 5.74) is 5.25. The summed E-state index contributed by atoms with van der Waals surface area (Å²) in [6, 6.07) is 42.0. The number of hydrogen-bond acceptors (Lipinski definition) is 3. The fraction of sp³-hybridized carbons (Fsp3) is 0. The molecule has 0 bridgehead atoms. The van der Waals surface area contributed by atoms with Crippen molar-refractivity contribution < 1.29 is 12.3 Å². The van der Waals surface area contributed by atoms with Gasteiger partial charge in [-0.05, 0) is 52.5 Å². The van der Waals surface area contributed by atoms with Gasteiger partial charge >= 0.3 is 0 Å². The third-order valence-corrected chi connectivity index (χ3v) is 10.1. The van der Waals surface area contributed by atoms with E-state index >= 15 is 0 Å². The van der Waals surface area contributed by atoms with E-state index in [-0.39, 0.29) is 16.8 Å². The molecule has 0 fully saturated rings. The maximum Gasteiger partial charge on any atom is 0.238 e. The third-order valence-electron chi connectivity index (χ3n) is 10.1. The minimum atomic E-state index is -0.635. The van der Waals surface area contributed by atoms with Crippen molar-refractivity contribution in [2.75, 3.05) is 0 Å². The van der Waals surface area contributed by atoms with Crippen LogP contribution in [0.15, 0.2) is 200 Å². The van der Waals surface area contributed by atoms with Gasteiger partial charge in [-0.1, -0.05) is 170 Å². The monoisotopic (exact) mass is 724 g/mol. The summed E-state index contributed by atoms with van der Waals surface area (Å²) in [6.07, 6.45) is 0. The van der Waals surface area contributed by atoms with Crippen LogP contribution in [0.2, 0.25) is 0 Å². The summed E-state index contributed by atoms with van der Waals surface area (Å²) in [6.45, 7) is 0. The summed E-state index contributed by atoms with van der Waals surface area (Å²) < 4.78 is 83.9. The van der Waals surface area contributed by atoms with E-state index in [0.29, 0.717) is 34.1 Å². The number of nitrogens with zero attached hydrogens (tertiary/aromatic N) is 5. The van der Waals surface area contributed by atoms with Crippen molar-refractivity contribution in [3.8, 4) is 56.7 Å². The smallest absolute Gasteiger partial charge is 0.238 e. The first-order chi connectivity index (χ1) is 31.5. The molecule has 5 heteroatoms. The van der Waals surface area contributed by atoms with Crippen LogP contribution in [0.25, 0.3) is 100 Å². The van der Waals surface area contributed by atoms with Crippen LogP contribution >= 0.6 is 0 Å². The van der Waals surface area contributed by atoms with Gasteiger partial charge in [0.25, 0.3) is 0 Å². The molecule has 0 amide bonds. The van der Waals surface area contributed by atoms with Gasteiger partial charge < -0.3 is 4.57 Å². The topological polar surface area (TPSA) is 48.5 Å². The quantitative estimate of drug-likeness (QED) is 0.172. The second-order valence-electron chi connectivity index (χ2n) is 13.4. The Morgan fingerprint density at radius 2 is 0.929 bits per heavy atom. The molecule has 0 N–H and O–H groups in total. The van der Waals surface area contributed by atoms with E-state index in [4.69, 9.17) is 24.5 Å². The zero-order chi connectivity index (χ0) is 44.8. The highest BCUT2D eigenvalue weighted by molar-refractivity contribution is 6.23. The Hall–Kier alpha value is -7.63. The normalized spacial score (nSPS) is 13.8. The number of hydrogen-bond donors (Lipinski definition) is 0. The molecule has 0 unspecified atom stereocenters. The summed E-state index contributed by atoms with van der Waals surface area (Å²) in [7, 11) is 0. The molecule has 0 spiro atoms. The van der Waals surface area contributed by atoms with Gasteiger partial charge in [-0.3, -0.25) is 4.57 Å². The van der Waals surface area contributed by atoms with E-state index < -0.39 is 54.4 Å². The molecule has 262 valence electrons. The lowest BCUT2D eigenvalue weighted by molar-refractivity contribution is 0.953. The van der Waals surface area contributed by atoms with Gasteiger partial charge in [-0.2, -0.15) is 9.97 Å². The predicted molar refractivity (Wildman–Crippen MR) is 230 cm³/mol. The number of rotatable bonds is 6. The Morgan fingerprint density at radius 1 is 0.375 bits per heavy atom. The average Bonchev–Trinajstić information content (AvgIpc) is 3.86. The lowest BCUT2D eigenvalue weighted by atomic mass is 10.0. The molecule has 0 saturated heterocycles. The van der Waals surface area contributed by atoms with Crippen molar-refractivity contribution in [2.45, 2.75) is 0 Å². The molecule has 11 rings (SSSR count). The molecule has 0 saturated carbocycles. The molecule has 5 nitrogen and oxygen atoms in total. The van der Waals surface area contributed by atoms with Gasteiger partial charge in [0.1, 0.15) is 0 Å². The van der Waals surface area contributed by atoms with Crippen molar-refractivity contribution in [2.24, 2.45) is 0 Å². The largest absolute Gasteiger partial charge is 0.307 e. The Kier molecular flexibility index (Phi) is 5.57. The van der Waals surface area contributed by atoms with Crippen LogP contribution in [0.4, 0.5) is 0 Å². The minimum absolute atomic E-state index is 0.0950. The molecule has 56 heavy (non-hydrogen) atoms. The third kappa shape index (κ3) is 5.21. The molecule has 0 radical (unpaired) electrons. The molecule has 0 aliphatic carbocycles. The van der Waals surface area contributed by atoms with E-state index in [1.807, 2.05) is 132 Å². The van der Waals surface area contributed by atoms with Crippen LogP contribution in [0.5, 0.6) is 0 Å². The van der Waals surface area contributed by atoms with Crippen LogP contribution in [0, 0.1) is 0 Å². The van der Waals surface area contributed by atoms with E-state index in [1.165, 1.54) is 0 Å². The maximum absolute atomic E-state index is 9.82. The van der Waals surface area contributed by atoms with Gasteiger partial charge in [0, 0.05) is 38.4 Å². The number of para-hydroxylation sites is 2. The van der Waals surface area contributed by atoms with Crippen LogP contribution in [-0.2, 0) is 0 Å². The van der Waals surface area contributed by atoms with Crippen LogP contribution in [0.3, 0.4) is 0 Å². The molecule has 0 atom stereocenters. The van der Waals surface area contributed by atoms with E-state index in [2.05, 4.69) is 18.2 Å². The summed E-state index contributed by atoms with van der Waals surface area (Å²) in [5, 5.41) is 3.19. The summed E-state index contributed by atoms with van der Waals surface area (Å²) in [4.78, 5) is 15.5. The van der Waals surface area contributed by atoms with Crippen LogP contribution in [-0.4, -0.2) is 24.1 Å². The predicted octanol–water partition coefficient (Wildman–Crippen LogP) is 12.7. The minimum Gasteiger partial charge on any atom is -0.307 e. The maximum atomic E-state index is 9.82. The van der Waals surface area contributed by atoms with E-state index in [1.54, 1.807) is 4.57 Å². The Balaban J connectivity index is 1.28. The second-order valence-corrected chi connectivity index (χ2v) is 13.4. The van der Waals surface area contributed by atoms with Crippen molar-refractivity contribution in [1.82, 2.24) is 24.1 Å². The number of aromatic nitrogens is 5. The molecule has 8 aromatic carbocycles. The van der Waals surface area contributed by atoms with Gasteiger partial charge in [0.05, 0.1) is 34.4 Å². The zero-order valence-corrected chi connectivity index (χ0v) is 29.6. The molecule has 3 heterocycles. The first-order valence-corrected chi connectivity index (χ1v) is 18.1. The lowest BCUT2D eigenvalue weighted by Gasteiger charge is -2.14. The molecule has 3 aromatic heterocycles. The first kappa shape index (κ1) is 23.9. The Labute approximate surface area is 336 Å². The van der Waals surface area contributed by atoms with Gasteiger partial charge in [-0.15, -0.1) is 0 Å². The fourth-order valence-electron chi connectivity index (χ4n) is 7.66. The Morgan fingerprint density at radius 3 is 1.64 bits per heavy atom. The van der Waals surface area contributed by atoms with Gasteiger partial charge in [0.2, 0.25) is 5.95 Å². The summed E-state index contributed by atoms with van der Waals surface area (Å²) >= 11 is 0. The highest BCUT2D eigenvalue weighted by atomic mass is 15.2. The van der Waals surface area contributed by atoms with Crippen molar-refractivity contribution in [3.05, 3.63) is 200 Å². The molecular formula is C51H33N5. The number of benzene rings is 8. The lowest BCUT2D eigenvalue weighted by Crippen LogP contribution is -2.07. The fourth-order valence-corrected chi connectivity index (χ4v) is 7.66.